The Hall–Kier alpha value is -2.56. The van der Waals surface area contributed by atoms with Crippen LogP contribution in [0.15, 0.2) is 48.5 Å². The van der Waals surface area contributed by atoms with E-state index in [2.05, 4.69) is 10.3 Å². The Morgan fingerprint density at radius 1 is 1.00 bits per heavy atom. The molecule has 0 atom stereocenters. The second-order valence-electron chi connectivity index (χ2n) is 4.68. The van der Waals surface area contributed by atoms with Gasteiger partial charge in [0.25, 0.3) is 0 Å². The molecule has 2 aromatic carbocycles. The lowest BCUT2D eigenvalue weighted by molar-refractivity contribution is 0.298. The minimum absolute atomic E-state index is 0.639. The van der Waals surface area contributed by atoms with Crippen LogP contribution in [-0.2, 0) is 6.54 Å². The summed E-state index contributed by atoms with van der Waals surface area (Å²) in [6.45, 7) is 1.43. The molecular formula is C16H17N3O2. The van der Waals surface area contributed by atoms with Crippen LogP contribution in [0.5, 0.6) is 11.5 Å². The number of benzene rings is 2. The normalized spacial score (nSPS) is 10.7. The van der Waals surface area contributed by atoms with Crippen LogP contribution < -0.4 is 9.47 Å². The first-order chi connectivity index (χ1) is 10.4. The fourth-order valence-corrected chi connectivity index (χ4v) is 2.16. The molecule has 0 aliphatic carbocycles. The van der Waals surface area contributed by atoms with E-state index >= 15 is 0 Å². The van der Waals surface area contributed by atoms with Gasteiger partial charge in [0.05, 0.1) is 19.2 Å². The van der Waals surface area contributed by atoms with E-state index in [1.807, 2.05) is 53.2 Å². The molecule has 1 aromatic heterocycles. The van der Waals surface area contributed by atoms with E-state index in [1.54, 1.807) is 7.11 Å². The first-order valence-electron chi connectivity index (χ1n) is 6.92. The minimum Gasteiger partial charge on any atom is -0.497 e. The lowest BCUT2D eigenvalue weighted by atomic mass is 10.3. The maximum absolute atomic E-state index is 5.70. The van der Waals surface area contributed by atoms with Crippen molar-refractivity contribution in [2.45, 2.75) is 13.0 Å². The standard InChI is InChI=1S/C16H17N3O2/c1-20-13-7-9-14(10-8-13)21-12-4-11-19-16-6-3-2-5-15(16)17-18-19/h2-3,5-10H,4,11-12H2,1H3. The van der Waals surface area contributed by atoms with Crippen molar-refractivity contribution in [1.29, 1.82) is 0 Å². The quantitative estimate of drug-likeness (QED) is 0.653. The van der Waals surface area contributed by atoms with Gasteiger partial charge in [0.1, 0.15) is 17.0 Å². The number of methoxy groups -OCH3 is 1. The third-order valence-electron chi connectivity index (χ3n) is 3.26. The van der Waals surface area contributed by atoms with Gasteiger partial charge in [-0.05, 0) is 36.4 Å². The summed E-state index contributed by atoms with van der Waals surface area (Å²) >= 11 is 0. The predicted octanol–water partition coefficient (Wildman–Crippen LogP) is 2.91. The number of aromatic nitrogens is 3. The Kier molecular flexibility index (Phi) is 4.00. The molecule has 3 aromatic rings. The molecule has 0 saturated carbocycles. The highest BCUT2D eigenvalue weighted by Crippen LogP contribution is 2.17. The number of rotatable bonds is 6. The van der Waals surface area contributed by atoms with Gasteiger partial charge in [0.2, 0.25) is 0 Å². The van der Waals surface area contributed by atoms with E-state index in [1.165, 1.54) is 0 Å². The monoisotopic (exact) mass is 283 g/mol. The SMILES string of the molecule is COc1ccc(OCCCn2nnc3ccccc32)cc1. The molecule has 0 radical (unpaired) electrons. The van der Waals surface area contributed by atoms with E-state index in [-0.39, 0.29) is 0 Å². The third kappa shape index (κ3) is 3.13. The van der Waals surface area contributed by atoms with Crippen molar-refractivity contribution in [2.24, 2.45) is 0 Å². The van der Waals surface area contributed by atoms with Gasteiger partial charge in [-0.2, -0.15) is 0 Å². The highest BCUT2D eigenvalue weighted by Gasteiger charge is 2.02. The van der Waals surface area contributed by atoms with E-state index < -0.39 is 0 Å². The summed E-state index contributed by atoms with van der Waals surface area (Å²) in [5.41, 5.74) is 1.98. The summed E-state index contributed by atoms with van der Waals surface area (Å²) in [6, 6.07) is 15.5. The van der Waals surface area contributed by atoms with Gasteiger partial charge < -0.3 is 9.47 Å². The molecular weight excluding hydrogens is 266 g/mol. The van der Waals surface area contributed by atoms with Crippen molar-refractivity contribution in [3.63, 3.8) is 0 Å². The second kappa shape index (κ2) is 6.26. The lowest BCUT2D eigenvalue weighted by Crippen LogP contribution is -2.05. The maximum atomic E-state index is 5.70. The van der Waals surface area contributed by atoms with Crippen LogP contribution in [-0.4, -0.2) is 28.7 Å². The number of hydrogen-bond acceptors (Lipinski definition) is 4. The summed E-state index contributed by atoms with van der Waals surface area (Å²) in [5.74, 6) is 1.68. The molecule has 21 heavy (non-hydrogen) atoms. The molecule has 0 amide bonds. The molecule has 0 fully saturated rings. The molecule has 0 N–H and O–H groups in total. The third-order valence-corrected chi connectivity index (χ3v) is 3.26. The van der Waals surface area contributed by atoms with Crippen LogP contribution in [0.25, 0.3) is 11.0 Å². The summed E-state index contributed by atoms with van der Waals surface area (Å²) in [7, 11) is 1.65. The van der Waals surface area contributed by atoms with Crippen molar-refractivity contribution in [3.8, 4) is 11.5 Å². The zero-order valence-corrected chi connectivity index (χ0v) is 11.9. The van der Waals surface area contributed by atoms with Gasteiger partial charge in [-0.25, -0.2) is 4.68 Å². The number of ether oxygens (including phenoxy) is 2. The van der Waals surface area contributed by atoms with Gasteiger partial charge >= 0.3 is 0 Å². The number of fused-ring (bicyclic) bond motifs is 1. The largest absolute Gasteiger partial charge is 0.497 e. The molecule has 0 saturated heterocycles. The van der Waals surface area contributed by atoms with Gasteiger partial charge in [0, 0.05) is 13.0 Å². The highest BCUT2D eigenvalue weighted by atomic mass is 16.5. The zero-order valence-electron chi connectivity index (χ0n) is 11.9. The van der Waals surface area contributed by atoms with E-state index in [0.29, 0.717) is 6.61 Å². The molecule has 0 aliphatic rings. The molecule has 3 rings (SSSR count). The van der Waals surface area contributed by atoms with E-state index in [4.69, 9.17) is 9.47 Å². The first-order valence-corrected chi connectivity index (χ1v) is 6.92. The average molecular weight is 283 g/mol. The van der Waals surface area contributed by atoms with Crippen LogP contribution in [0, 0.1) is 0 Å². The van der Waals surface area contributed by atoms with Crippen LogP contribution in [0.1, 0.15) is 6.42 Å². The molecule has 0 bridgehead atoms. The maximum Gasteiger partial charge on any atom is 0.119 e. The Morgan fingerprint density at radius 3 is 2.57 bits per heavy atom. The van der Waals surface area contributed by atoms with Crippen molar-refractivity contribution >= 4 is 11.0 Å². The van der Waals surface area contributed by atoms with Crippen LogP contribution in [0.2, 0.25) is 0 Å². The summed E-state index contributed by atoms with van der Waals surface area (Å²) < 4.78 is 12.7. The molecule has 0 unspecified atom stereocenters. The second-order valence-corrected chi connectivity index (χ2v) is 4.68. The highest BCUT2D eigenvalue weighted by molar-refractivity contribution is 5.73. The van der Waals surface area contributed by atoms with Gasteiger partial charge in [-0.3, -0.25) is 0 Å². The lowest BCUT2D eigenvalue weighted by Gasteiger charge is -2.07. The molecule has 5 nitrogen and oxygen atoms in total. The van der Waals surface area contributed by atoms with Crippen molar-refractivity contribution < 1.29 is 9.47 Å². The van der Waals surface area contributed by atoms with Crippen molar-refractivity contribution in [1.82, 2.24) is 15.0 Å². The Balaban J connectivity index is 1.51. The summed E-state index contributed by atoms with van der Waals surface area (Å²) in [6.07, 6.45) is 0.874. The van der Waals surface area contributed by atoms with Gasteiger partial charge in [-0.15, -0.1) is 5.10 Å². The Bertz CT molecular complexity index is 707. The van der Waals surface area contributed by atoms with Gasteiger partial charge in [0.15, 0.2) is 0 Å². The minimum atomic E-state index is 0.639. The Labute approximate surface area is 123 Å². The molecule has 5 heteroatoms. The number of nitrogens with zero attached hydrogens (tertiary/aromatic N) is 3. The topological polar surface area (TPSA) is 49.2 Å². The molecule has 1 heterocycles. The molecule has 0 spiro atoms. The predicted molar refractivity (Wildman–Crippen MR) is 80.6 cm³/mol. The van der Waals surface area contributed by atoms with Crippen molar-refractivity contribution in [2.75, 3.05) is 13.7 Å². The number of aryl methyl sites for hydroxylation is 1. The van der Waals surface area contributed by atoms with Crippen LogP contribution in [0.4, 0.5) is 0 Å². The summed E-state index contributed by atoms with van der Waals surface area (Å²) in [5, 5.41) is 8.29. The average Bonchev–Trinajstić information content (AvgIpc) is 2.95. The number of para-hydroxylation sites is 1. The number of hydrogen-bond donors (Lipinski definition) is 0. The van der Waals surface area contributed by atoms with Crippen LogP contribution >= 0.6 is 0 Å². The first kappa shape index (κ1) is 13.4. The smallest absolute Gasteiger partial charge is 0.119 e. The zero-order chi connectivity index (χ0) is 14.5. The fourth-order valence-electron chi connectivity index (χ4n) is 2.16. The van der Waals surface area contributed by atoms with Crippen molar-refractivity contribution in [3.05, 3.63) is 48.5 Å². The molecule has 0 aliphatic heterocycles. The molecule has 108 valence electrons. The fraction of sp³-hybridized carbons (Fsp3) is 0.250. The Morgan fingerprint density at radius 2 is 1.76 bits per heavy atom. The van der Waals surface area contributed by atoms with E-state index in [9.17, 15) is 0 Å². The van der Waals surface area contributed by atoms with Gasteiger partial charge in [-0.1, -0.05) is 17.3 Å². The van der Waals surface area contributed by atoms with E-state index in [0.717, 1.165) is 35.5 Å². The van der Waals surface area contributed by atoms with Crippen LogP contribution in [0.3, 0.4) is 0 Å². The summed E-state index contributed by atoms with van der Waals surface area (Å²) in [4.78, 5) is 0.